The largest absolute Gasteiger partial charge is 0.447 e. The molecule has 0 aliphatic rings. The highest BCUT2D eigenvalue weighted by Gasteiger charge is 2.12. The molecule has 0 saturated carbocycles. The average molecular weight is 204 g/mol. The molecule has 0 rings (SSSR count). The molecule has 0 aromatic rings. The number of aliphatic hydroxyl groups is 1. The van der Waals surface area contributed by atoms with Crippen LogP contribution in [0.1, 0.15) is 20.8 Å². The zero-order chi connectivity index (χ0) is 11.0. The predicted octanol–water partition coefficient (Wildman–Crippen LogP) is 0.393. The van der Waals surface area contributed by atoms with Crippen LogP contribution in [0.4, 0.5) is 4.79 Å². The van der Waals surface area contributed by atoms with E-state index in [1.807, 2.05) is 20.8 Å². The summed E-state index contributed by atoms with van der Waals surface area (Å²) in [7, 11) is 0. The molecule has 1 amide bonds. The molecule has 5 heteroatoms. The Kier molecular flexibility index (Phi) is 7.14. The summed E-state index contributed by atoms with van der Waals surface area (Å²) in [6, 6.07) is 0. The maximum Gasteiger partial charge on any atom is 0.408 e. The van der Waals surface area contributed by atoms with Crippen molar-refractivity contribution in [2.24, 2.45) is 0 Å². The fourth-order valence-electron chi connectivity index (χ4n) is 1.21. The molecule has 84 valence electrons. The number of aliphatic hydroxyl groups excluding tert-OH is 1. The maximum absolute atomic E-state index is 11.1. The van der Waals surface area contributed by atoms with Crippen molar-refractivity contribution in [1.82, 2.24) is 10.2 Å². The van der Waals surface area contributed by atoms with E-state index < -0.39 is 6.09 Å². The van der Waals surface area contributed by atoms with Gasteiger partial charge in [0.25, 0.3) is 0 Å². The zero-order valence-electron chi connectivity index (χ0n) is 9.12. The van der Waals surface area contributed by atoms with Crippen LogP contribution in [0.25, 0.3) is 0 Å². The number of alkyl carbamates (subject to hydrolysis) is 1. The van der Waals surface area contributed by atoms with Gasteiger partial charge in [-0.3, -0.25) is 4.90 Å². The van der Waals surface area contributed by atoms with E-state index in [-0.39, 0.29) is 19.4 Å². The second-order valence-corrected chi connectivity index (χ2v) is 2.90. The van der Waals surface area contributed by atoms with E-state index in [1.54, 1.807) is 0 Å². The molecule has 0 aliphatic carbocycles. The first-order valence-electron chi connectivity index (χ1n) is 4.93. The lowest BCUT2D eigenvalue weighted by Gasteiger charge is -2.26. The van der Waals surface area contributed by atoms with Crippen LogP contribution in [0.5, 0.6) is 0 Å². The predicted molar refractivity (Wildman–Crippen MR) is 54.0 cm³/mol. The molecule has 0 fully saturated rings. The van der Waals surface area contributed by atoms with Crippen molar-refractivity contribution in [3.8, 4) is 0 Å². The SMILES string of the molecule is CCN(CC)C(C)NC(=O)OCCO. The van der Waals surface area contributed by atoms with Crippen molar-refractivity contribution in [3.63, 3.8) is 0 Å². The van der Waals surface area contributed by atoms with Gasteiger partial charge < -0.3 is 15.2 Å². The van der Waals surface area contributed by atoms with E-state index in [9.17, 15) is 4.79 Å². The molecule has 0 aromatic heterocycles. The summed E-state index contributed by atoms with van der Waals surface area (Å²) in [6.07, 6.45) is -0.533. The van der Waals surface area contributed by atoms with E-state index in [0.29, 0.717) is 0 Å². The van der Waals surface area contributed by atoms with E-state index in [2.05, 4.69) is 15.0 Å². The fourth-order valence-corrected chi connectivity index (χ4v) is 1.21. The number of carbonyl (C=O) groups excluding carboxylic acids is 1. The molecule has 0 spiro atoms. The first-order chi connectivity index (χ1) is 6.65. The monoisotopic (exact) mass is 204 g/mol. The van der Waals surface area contributed by atoms with E-state index in [0.717, 1.165) is 13.1 Å². The highest BCUT2D eigenvalue weighted by atomic mass is 16.6. The van der Waals surface area contributed by atoms with Crippen LogP contribution in [0.3, 0.4) is 0 Å². The van der Waals surface area contributed by atoms with E-state index in [4.69, 9.17) is 5.11 Å². The van der Waals surface area contributed by atoms with Gasteiger partial charge in [-0.15, -0.1) is 0 Å². The van der Waals surface area contributed by atoms with Crippen LogP contribution in [-0.2, 0) is 4.74 Å². The van der Waals surface area contributed by atoms with Gasteiger partial charge in [0.15, 0.2) is 0 Å². The van der Waals surface area contributed by atoms with Crippen LogP contribution >= 0.6 is 0 Å². The van der Waals surface area contributed by atoms with Gasteiger partial charge >= 0.3 is 6.09 Å². The Morgan fingerprint density at radius 3 is 2.50 bits per heavy atom. The minimum absolute atomic E-state index is 0.0385. The van der Waals surface area contributed by atoms with E-state index in [1.165, 1.54) is 0 Å². The van der Waals surface area contributed by atoms with Crippen molar-refractivity contribution >= 4 is 6.09 Å². The minimum Gasteiger partial charge on any atom is -0.447 e. The first-order valence-corrected chi connectivity index (χ1v) is 4.93. The van der Waals surface area contributed by atoms with Gasteiger partial charge in [0.1, 0.15) is 6.61 Å². The van der Waals surface area contributed by atoms with Gasteiger partial charge in [-0.1, -0.05) is 13.8 Å². The third kappa shape index (κ3) is 5.04. The number of ether oxygens (including phenoxy) is 1. The molecule has 2 N–H and O–H groups in total. The fraction of sp³-hybridized carbons (Fsp3) is 0.889. The summed E-state index contributed by atoms with van der Waals surface area (Å²) in [4.78, 5) is 13.2. The van der Waals surface area contributed by atoms with Crippen LogP contribution in [-0.4, -0.2) is 48.6 Å². The molecule has 0 aromatic carbocycles. The normalized spacial score (nSPS) is 12.6. The summed E-state index contributed by atoms with van der Waals surface area (Å²) < 4.78 is 4.67. The number of amides is 1. The van der Waals surface area contributed by atoms with Gasteiger partial charge in [0, 0.05) is 0 Å². The second kappa shape index (κ2) is 7.58. The van der Waals surface area contributed by atoms with Crippen molar-refractivity contribution in [2.45, 2.75) is 26.9 Å². The van der Waals surface area contributed by atoms with Gasteiger partial charge in [0.2, 0.25) is 0 Å². The summed E-state index contributed by atoms with van der Waals surface area (Å²) in [6.45, 7) is 7.59. The first kappa shape index (κ1) is 13.2. The molecule has 0 bridgehead atoms. The van der Waals surface area contributed by atoms with Crippen molar-refractivity contribution in [3.05, 3.63) is 0 Å². The Labute approximate surface area is 85.0 Å². The molecule has 5 nitrogen and oxygen atoms in total. The Morgan fingerprint density at radius 2 is 2.07 bits per heavy atom. The van der Waals surface area contributed by atoms with Gasteiger partial charge in [0.05, 0.1) is 12.8 Å². The molecule has 1 unspecified atom stereocenters. The molecule has 0 radical (unpaired) electrons. The Bertz CT molecular complexity index is 160. The Hall–Kier alpha value is -0.810. The van der Waals surface area contributed by atoms with Gasteiger partial charge in [-0.05, 0) is 20.0 Å². The average Bonchev–Trinajstić information content (AvgIpc) is 2.16. The van der Waals surface area contributed by atoms with Crippen molar-refractivity contribution < 1.29 is 14.6 Å². The van der Waals surface area contributed by atoms with E-state index >= 15 is 0 Å². The number of nitrogens with zero attached hydrogens (tertiary/aromatic N) is 1. The minimum atomic E-state index is -0.488. The number of carbonyl (C=O) groups is 1. The standard InChI is InChI=1S/C9H20N2O3/c1-4-11(5-2)8(3)10-9(13)14-7-6-12/h8,12H,4-7H2,1-3H3,(H,10,13). The highest BCUT2D eigenvalue weighted by Crippen LogP contribution is 1.94. The molecule has 0 heterocycles. The molecule has 14 heavy (non-hydrogen) atoms. The Balaban J connectivity index is 3.79. The highest BCUT2D eigenvalue weighted by molar-refractivity contribution is 5.67. The van der Waals surface area contributed by atoms with Crippen LogP contribution < -0.4 is 5.32 Å². The van der Waals surface area contributed by atoms with Crippen LogP contribution in [0.2, 0.25) is 0 Å². The molecule has 1 atom stereocenters. The number of hydrogen-bond donors (Lipinski definition) is 2. The quantitative estimate of drug-likeness (QED) is 0.614. The summed E-state index contributed by atoms with van der Waals surface area (Å²) in [5, 5.41) is 11.1. The number of nitrogens with one attached hydrogen (secondary N) is 1. The third-order valence-corrected chi connectivity index (χ3v) is 2.01. The van der Waals surface area contributed by atoms with Crippen LogP contribution in [0, 0.1) is 0 Å². The lowest BCUT2D eigenvalue weighted by molar-refractivity contribution is 0.103. The number of rotatable bonds is 6. The lowest BCUT2D eigenvalue weighted by atomic mass is 10.4. The summed E-state index contributed by atoms with van der Waals surface area (Å²) in [5.41, 5.74) is 0. The third-order valence-electron chi connectivity index (χ3n) is 2.01. The van der Waals surface area contributed by atoms with Crippen LogP contribution in [0.15, 0.2) is 0 Å². The van der Waals surface area contributed by atoms with Gasteiger partial charge in [-0.25, -0.2) is 4.79 Å². The van der Waals surface area contributed by atoms with Crippen molar-refractivity contribution in [2.75, 3.05) is 26.3 Å². The molecule has 0 saturated heterocycles. The number of hydrogen-bond acceptors (Lipinski definition) is 4. The maximum atomic E-state index is 11.1. The van der Waals surface area contributed by atoms with Crippen molar-refractivity contribution in [1.29, 1.82) is 0 Å². The Morgan fingerprint density at radius 1 is 1.50 bits per heavy atom. The summed E-state index contributed by atoms with van der Waals surface area (Å²) >= 11 is 0. The molecular formula is C9H20N2O3. The smallest absolute Gasteiger partial charge is 0.408 e. The second-order valence-electron chi connectivity index (χ2n) is 2.90. The molecular weight excluding hydrogens is 184 g/mol. The summed E-state index contributed by atoms with van der Waals surface area (Å²) in [5.74, 6) is 0. The van der Waals surface area contributed by atoms with Gasteiger partial charge in [-0.2, -0.15) is 0 Å². The topological polar surface area (TPSA) is 61.8 Å². The lowest BCUT2D eigenvalue weighted by Crippen LogP contribution is -2.46. The zero-order valence-corrected chi connectivity index (χ0v) is 9.12. The molecule has 0 aliphatic heterocycles.